The molecule has 0 bridgehead atoms. The Morgan fingerprint density at radius 1 is 1.00 bits per heavy atom. The van der Waals surface area contributed by atoms with Crippen molar-refractivity contribution in [3.63, 3.8) is 0 Å². The maximum Gasteiger partial charge on any atom is 0.199 e. The van der Waals surface area contributed by atoms with E-state index in [1.807, 2.05) is 31.5 Å². The van der Waals surface area contributed by atoms with Gasteiger partial charge in [0.15, 0.2) is 5.43 Å². The second-order valence-electron chi connectivity index (χ2n) is 7.18. The molecule has 0 aliphatic carbocycles. The Morgan fingerprint density at radius 2 is 1.74 bits per heavy atom. The first-order chi connectivity index (χ1) is 13.1. The Kier molecular flexibility index (Phi) is 4.48. The van der Waals surface area contributed by atoms with Crippen LogP contribution in [0.25, 0.3) is 27.3 Å². The van der Waals surface area contributed by atoms with Gasteiger partial charge in [-0.3, -0.25) is 9.20 Å². The van der Waals surface area contributed by atoms with Crippen LogP contribution in [0.5, 0.6) is 0 Å². The van der Waals surface area contributed by atoms with Gasteiger partial charge >= 0.3 is 0 Å². The molecule has 27 heavy (non-hydrogen) atoms. The largest absolute Gasteiger partial charge is 0.383 e. The van der Waals surface area contributed by atoms with Gasteiger partial charge in [-0.1, -0.05) is 26.0 Å². The van der Waals surface area contributed by atoms with Gasteiger partial charge in [-0.2, -0.15) is 0 Å². The summed E-state index contributed by atoms with van der Waals surface area (Å²) in [5.74, 6) is 0. The number of benzene rings is 2. The highest BCUT2D eigenvalue weighted by atomic mass is 16.1. The highest BCUT2D eigenvalue weighted by molar-refractivity contribution is 6.08. The number of nitrogens with one attached hydrogen (secondary N) is 1. The van der Waals surface area contributed by atoms with Crippen molar-refractivity contribution in [3.05, 3.63) is 51.9 Å². The quantitative estimate of drug-likeness (QED) is 0.530. The molecule has 0 radical (unpaired) electrons. The third kappa shape index (κ3) is 2.73. The van der Waals surface area contributed by atoms with Gasteiger partial charge in [-0.05, 0) is 50.2 Å². The van der Waals surface area contributed by atoms with Crippen LogP contribution < -0.4 is 10.7 Å². The third-order valence-corrected chi connectivity index (χ3v) is 5.63. The predicted octanol–water partition coefficient (Wildman–Crippen LogP) is 3.81. The fourth-order valence-corrected chi connectivity index (χ4v) is 4.06. The molecule has 2 aromatic heterocycles. The lowest BCUT2D eigenvalue weighted by atomic mass is 10.0. The lowest BCUT2D eigenvalue weighted by molar-refractivity contribution is 0.316. The molecule has 0 atom stereocenters. The number of fused-ring (bicyclic) bond motifs is 2. The highest BCUT2D eigenvalue weighted by Crippen LogP contribution is 2.30. The molecule has 1 N–H and O–H groups in total. The van der Waals surface area contributed by atoms with Crippen LogP contribution in [0.2, 0.25) is 0 Å². The van der Waals surface area contributed by atoms with Gasteiger partial charge in [0.1, 0.15) is 6.33 Å². The molecule has 0 fully saturated rings. The molecule has 4 rings (SSSR count). The minimum Gasteiger partial charge on any atom is -0.383 e. The van der Waals surface area contributed by atoms with Gasteiger partial charge in [-0.25, -0.2) is 4.98 Å². The average molecular weight is 362 g/mol. The summed E-state index contributed by atoms with van der Waals surface area (Å²) in [7, 11) is 0. The fourth-order valence-electron chi connectivity index (χ4n) is 4.06. The number of rotatable bonds is 6. The summed E-state index contributed by atoms with van der Waals surface area (Å²) in [6.07, 6.45) is 1.84. The van der Waals surface area contributed by atoms with E-state index >= 15 is 0 Å². The van der Waals surface area contributed by atoms with Gasteiger partial charge in [0.2, 0.25) is 0 Å². The Balaban J connectivity index is 1.93. The molecule has 0 aliphatic heterocycles. The van der Waals surface area contributed by atoms with Crippen molar-refractivity contribution in [1.29, 1.82) is 0 Å². The van der Waals surface area contributed by atoms with Crippen LogP contribution in [0.4, 0.5) is 5.69 Å². The number of pyridine rings is 1. The maximum absolute atomic E-state index is 13.5. The molecule has 5 heteroatoms. The van der Waals surface area contributed by atoms with E-state index in [9.17, 15) is 4.79 Å². The van der Waals surface area contributed by atoms with Crippen molar-refractivity contribution < 1.29 is 0 Å². The molecule has 140 valence electrons. The normalized spacial score (nSPS) is 12.0. The molecule has 0 aliphatic rings. The minimum absolute atomic E-state index is 0.0927. The molecule has 2 heterocycles. The molecule has 4 aromatic rings. The zero-order chi connectivity index (χ0) is 19.1. The number of nitrogens with zero attached hydrogens (tertiary/aromatic N) is 3. The summed E-state index contributed by atoms with van der Waals surface area (Å²) in [6.45, 7) is 12.2. The Morgan fingerprint density at radius 3 is 2.48 bits per heavy atom. The van der Waals surface area contributed by atoms with Gasteiger partial charge < -0.3 is 10.2 Å². The van der Waals surface area contributed by atoms with E-state index in [1.165, 1.54) is 0 Å². The van der Waals surface area contributed by atoms with Crippen molar-refractivity contribution in [2.45, 2.75) is 27.7 Å². The van der Waals surface area contributed by atoms with E-state index in [4.69, 9.17) is 0 Å². The second kappa shape index (κ2) is 6.82. The van der Waals surface area contributed by atoms with Crippen LogP contribution >= 0.6 is 0 Å². The fraction of sp³-hybridized carbons (Fsp3) is 0.364. The summed E-state index contributed by atoms with van der Waals surface area (Å²) < 4.78 is 2.08. The molecule has 0 spiro atoms. The van der Waals surface area contributed by atoms with E-state index in [0.29, 0.717) is 0 Å². The summed E-state index contributed by atoms with van der Waals surface area (Å²) in [5, 5.41) is 5.03. The average Bonchev–Trinajstić information content (AvgIpc) is 3.10. The van der Waals surface area contributed by atoms with E-state index < -0.39 is 0 Å². The van der Waals surface area contributed by atoms with Gasteiger partial charge in [-0.15, -0.1) is 0 Å². The van der Waals surface area contributed by atoms with E-state index in [0.717, 1.165) is 70.3 Å². The van der Waals surface area contributed by atoms with Crippen LogP contribution in [0.1, 0.15) is 25.0 Å². The Hall–Kier alpha value is -2.66. The maximum atomic E-state index is 13.5. The number of hydrogen-bond acceptors (Lipinski definition) is 4. The molecular formula is C22H26N4O. The molecule has 5 nitrogen and oxygen atoms in total. The standard InChI is InChI=1S/C22H26N4O/c1-5-25(6-2)12-11-23-16-9-10-17-21-19(16)22(27)18-14(3)7-8-15(4)20(18)26(21)13-24-17/h7-10,13,23H,5-6,11-12H2,1-4H3. The first-order valence-electron chi connectivity index (χ1n) is 9.68. The van der Waals surface area contributed by atoms with Crippen molar-refractivity contribution in [2.75, 3.05) is 31.5 Å². The molecule has 0 amide bonds. The van der Waals surface area contributed by atoms with Gasteiger partial charge in [0.05, 0.1) is 21.9 Å². The lowest BCUT2D eigenvalue weighted by Crippen LogP contribution is -2.28. The molecule has 0 saturated carbocycles. The number of aromatic nitrogens is 2. The molecule has 2 aromatic carbocycles. The molecule has 0 unspecified atom stereocenters. The molecular weight excluding hydrogens is 336 g/mol. The third-order valence-electron chi connectivity index (χ3n) is 5.63. The van der Waals surface area contributed by atoms with Gasteiger partial charge in [0, 0.05) is 24.2 Å². The van der Waals surface area contributed by atoms with Crippen LogP contribution in [0.3, 0.4) is 0 Å². The van der Waals surface area contributed by atoms with E-state index in [1.54, 1.807) is 0 Å². The number of hydrogen-bond donors (Lipinski definition) is 1. The topological polar surface area (TPSA) is 49.6 Å². The van der Waals surface area contributed by atoms with Crippen LogP contribution in [-0.4, -0.2) is 40.5 Å². The Bertz CT molecular complexity index is 1170. The van der Waals surface area contributed by atoms with Crippen LogP contribution in [0.15, 0.2) is 35.4 Å². The van der Waals surface area contributed by atoms with Crippen LogP contribution in [-0.2, 0) is 0 Å². The monoisotopic (exact) mass is 362 g/mol. The smallest absolute Gasteiger partial charge is 0.199 e. The predicted molar refractivity (Wildman–Crippen MR) is 113 cm³/mol. The lowest BCUT2D eigenvalue weighted by Gasteiger charge is -2.19. The first-order valence-corrected chi connectivity index (χ1v) is 9.68. The minimum atomic E-state index is 0.0927. The second-order valence-corrected chi connectivity index (χ2v) is 7.18. The van der Waals surface area contributed by atoms with Crippen LogP contribution in [0, 0.1) is 13.8 Å². The van der Waals surface area contributed by atoms with Gasteiger partial charge in [0.25, 0.3) is 0 Å². The number of anilines is 1. The summed E-state index contributed by atoms with van der Waals surface area (Å²) in [4.78, 5) is 20.4. The number of aryl methyl sites for hydroxylation is 2. The zero-order valence-electron chi connectivity index (χ0n) is 16.5. The summed E-state index contributed by atoms with van der Waals surface area (Å²) in [5.41, 5.74) is 5.83. The van der Waals surface area contributed by atoms with Crippen molar-refractivity contribution in [3.8, 4) is 0 Å². The highest BCUT2D eigenvalue weighted by Gasteiger charge is 2.18. The van der Waals surface area contributed by atoms with E-state index in [2.05, 4.69) is 46.4 Å². The van der Waals surface area contributed by atoms with Crippen molar-refractivity contribution in [1.82, 2.24) is 14.3 Å². The number of imidazole rings is 1. The Labute approximate surface area is 159 Å². The molecule has 0 saturated heterocycles. The zero-order valence-corrected chi connectivity index (χ0v) is 16.5. The number of likely N-dealkylation sites (N-methyl/N-ethyl adjacent to an activating group) is 1. The first kappa shape index (κ1) is 17.7. The summed E-state index contributed by atoms with van der Waals surface area (Å²) >= 11 is 0. The summed E-state index contributed by atoms with van der Waals surface area (Å²) in [6, 6.07) is 8.09. The van der Waals surface area contributed by atoms with Crippen molar-refractivity contribution in [2.24, 2.45) is 0 Å². The van der Waals surface area contributed by atoms with Crippen molar-refractivity contribution >= 4 is 33.0 Å². The van der Waals surface area contributed by atoms with E-state index in [-0.39, 0.29) is 5.43 Å². The SMILES string of the molecule is CCN(CC)CCNc1ccc2ncn3c4c(C)ccc(C)c4c(=O)c1c23.